The summed E-state index contributed by atoms with van der Waals surface area (Å²) in [7, 11) is 0. The minimum Gasteiger partial charge on any atom is -0.379 e. The number of morpholine rings is 1. The van der Waals surface area contributed by atoms with Crippen molar-refractivity contribution in [2.24, 2.45) is 5.92 Å². The van der Waals surface area contributed by atoms with E-state index in [4.69, 9.17) is 4.74 Å². The third-order valence-electron chi connectivity index (χ3n) is 7.23. The van der Waals surface area contributed by atoms with Crippen molar-refractivity contribution in [1.82, 2.24) is 14.7 Å². The second kappa shape index (κ2) is 11.3. The van der Waals surface area contributed by atoms with Gasteiger partial charge in [0, 0.05) is 51.7 Å². The van der Waals surface area contributed by atoms with Crippen LogP contribution in [-0.4, -0.2) is 79.1 Å². The monoisotopic (exact) mass is 413 g/mol. The molecule has 3 aliphatic rings. The molecule has 4 rings (SSSR count). The number of likely N-dealkylation sites (tertiary alicyclic amines) is 2. The molecule has 3 fully saturated rings. The van der Waals surface area contributed by atoms with E-state index in [9.17, 15) is 4.79 Å². The number of nitrogens with zero attached hydrogens (tertiary/aromatic N) is 3. The first-order valence-electron chi connectivity index (χ1n) is 12.2. The first-order valence-corrected chi connectivity index (χ1v) is 12.2. The number of carbonyl (C=O) groups is 1. The number of benzene rings is 1. The minimum atomic E-state index is 0.387. The standard InChI is InChI=1S/C25H39N3O2/c29-25(28-13-6-1-2-7-14-28)11-10-23-21-26(20-22-8-4-3-5-9-22)15-12-24(23)27-16-18-30-19-17-27/h3-5,8-9,23-24H,1-2,6-7,10-21H2/t23-,24+/m0/s1. The van der Waals surface area contributed by atoms with Crippen molar-refractivity contribution in [3.05, 3.63) is 35.9 Å². The molecule has 0 radical (unpaired) electrons. The van der Waals surface area contributed by atoms with Gasteiger partial charge in [0.15, 0.2) is 0 Å². The zero-order valence-corrected chi connectivity index (χ0v) is 18.5. The SMILES string of the molecule is O=C(CC[C@H]1CN(Cc2ccccc2)CC[C@H]1N1CCOCC1)N1CCCCCC1. The molecule has 0 N–H and O–H groups in total. The fourth-order valence-corrected chi connectivity index (χ4v) is 5.54. The second-order valence-corrected chi connectivity index (χ2v) is 9.32. The van der Waals surface area contributed by atoms with E-state index in [0.29, 0.717) is 24.3 Å². The van der Waals surface area contributed by atoms with Crippen LogP contribution in [0.3, 0.4) is 0 Å². The number of piperidine rings is 1. The fraction of sp³-hybridized carbons (Fsp3) is 0.720. The number of carbonyl (C=O) groups excluding carboxylic acids is 1. The normalized spacial score (nSPS) is 27.0. The Morgan fingerprint density at radius 1 is 0.933 bits per heavy atom. The summed E-state index contributed by atoms with van der Waals surface area (Å²) in [6.45, 7) is 8.99. The van der Waals surface area contributed by atoms with Crippen LogP contribution in [0.25, 0.3) is 0 Å². The highest BCUT2D eigenvalue weighted by Crippen LogP contribution is 2.28. The first-order chi connectivity index (χ1) is 14.8. The third-order valence-corrected chi connectivity index (χ3v) is 7.23. The van der Waals surface area contributed by atoms with Crippen LogP contribution < -0.4 is 0 Å². The van der Waals surface area contributed by atoms with Crippen LogP contribution in [0.2, 0.25) is 0 Å². The molecule has 0 unspecified atom stereocenters. The molecule has 5 nitrogen and oxygen atoms in total. The molecule has 0 aromatic heterocycles. The van der Waals surface area contributed by atoms with Crippen molar-refractivity contribution >= 4 is 5.91 Å². The molecule has 0 spiro atoms. The Hall–Kier alpha value is -1.43. The number of amides is 1. The molecule has 1 aromatic rings. The second-order valence-electron chi connectivity index (χ2n) is 9.32. The quantitative estimate of drug-likeness (QED) is 0.716. The van der Waals surface area contributed by atoms with Crippen LogP contribution in [0.4, 0.5) is 0 Å². The average molecular weight is 414 g/mol. The molecule has 1 aromatic carbocycles. The van der Waals surface area contributed by atoms with Gasteiger partial charge in [-0.2, -0.15) is 0 Å². The topological polar surface area (TPSA) is 36.0 Å². The van der Waals surface area contributed by atoms with Gasteiger partial charge in [-0.3, -0.25) is 14.6 Å². The molecule has 2 atom stereocenters. The summed E-state index contributed by atoms with van der Waals surface area (Å²) < 4.78 is 5.60. The van der Waals surface area contributed by atoms with Gasteiger partial charge in [0.25, 0.3) is 0 Å². The zero-order valence-electron chi connectivity index (χ0n) is 18.5. The Morgan fingerprint density at radius 2 is 1.67 bits per heavy atom. The summed E-state index contributed by atoms with van der Waals surface area (Å²) in [5.41, 5.74) is 1.39. The summed E-state index contributed by atoms with van der Waals surface area (Å²) in [6, 6.07) is 11.4. The van der Waals surface area contributed by atoms with Gasteiger partial charge in [-0.1, -0.05) is 43.2 Å². The smallest absolute Gasteiger partial charge is 0.222 e. The molecule has 3 aliphatic heterocycles. The van der Waals surface area contributed by atoms with Crippen LogP contribution >= 0.6 is 0 Å². The number of hydrogen-bond acceptors (Lipinski definition) is 4. The lowest BCUT2D eigenvalue weighted by atomic mass is 9.86. The van der Waals surface area contributed by atoms with Crippen LogP contribution in [0.5, 0.6) is 0 Å². The summed E-state index contributed by atoms with van der Waals surface area (Å²) in [5.74, 6) is 0.953. The van der Waals surface area contributed by atoms with Gasteiger partial charge in [0.2, 0.25) is 5.91 Å². The molecule has 166 valence electrons. The third kappa shape index (κ3) is 6.05. The predicted octanol–water partition coefficient (Wildman–Crippen LogP) is 3.39. The van der Waals surface area contributed by atoms with Gasteiger partial charge in [-0.05, 0) is 43.7 Å². The summed E-state index contributed by atoms with van der Waals surface area (Å²) in [4.78, 5) is 20.3. The van der Waals surface area contributed by atoms with Crippen LogP contribution in [0.15, 0.2) is 30.3 Å². The van der Waals surface area contributed by atoms with Crippen molar-refractivity contribution < 1.29 is 9.53 Å². The summed E-state index contributed by atoms with van der Waals surface area (Å²) in [6.07, 6.45) is 7.84. The van der Waals surface area contributed by atoms with Gasteiger partial charge in [-0.15, -0.1) is 0 Å². The van der Waals surface area contributed by atoms with Gasteiger partial charge in [0.1, 0.15) is 0 Å². The Balaban J connectivity index is 1.36. The first kappa shape index (κ1) is 21.8. The van der Waals surface area contributed by atoms with Gasteiger partial charge in [0.05, 0.1) is 13.2 Å². The van der Waals surface area contributed by atoms with Crippen LogP contribution in [0.1, 0.15) is 50.5 Å². The predicted molar refractivity (Wildman–Crippen MR) is 120 cm³/mol. The summed E-state index contributed by atoms with van der Waals surface area (Å²) in [5, 5.41) is 0. The largest absolute Gasteiger partial charge is 0.379 e. The van der Waals surface area contributed by atoms with Crippen molar-refractivity contribution in [1.29, 1.82) is 0 Å². The van der Waals surface area contributed by atoms with E-state index in [2.05, 4.69) is 45.0 Å². The molecule has 30 heavy (non-hydrogen) atoms. The van der Waals surface area contributed by atoms with Crippen molar-refractivity contribution in [2.45, 2.75) is 57.5 Å². The Bertz CT molecular complexity index is 639. The lowest BCUT2D eigenvalue weighted by Gasteiger charge is -2.45. The Morgan fingerprint density at radius 3 is 2.40 bits per heavy atom. The van der Waals surface area contributed by atoms with E-state index in [-0.39, 0.29) is 0 Å². The molecule has 3 saturated heterocycles. The highest BCUT2D eigenvalue weighted by atomic mass is 16.5. The van der Waals surface area contributed by atoms with E-state index >= 15 is 0 Å². The Labute approximate surface area is 182 Å². The average Bonchev–Trinajstić information content (AvgIpc) is 3.09. The molecular formula is C25H39N3O2. The fourth-order valence-electron chi connectivity index (χ4n) is 5.54. The van der Waals surface area contributed by atoms with E-state index in [1.165, 1.54) is 37.7 Å². The highest BCUT2D eigenvalue weighted by molar-refractivity contribution is 5.76. The van der Waals surface area contributed by atoms with Crippen molar-refractivity contribution in [3.63, 3.8) is 0 Å². The molecule has 1 amide bonds. The van der Waals surface area contributed by atoms with E-state index in [0.717, 1.165) is 65.4 Å². The van der Waals surface area contributed by atoms with E-state index < -0.39 is 0 Å². The highest BCUT2D eigenvalue weighted by Gasteiger charge is 2.34. The van der Waals surface area contributed by atoms with Gasteiger partial charge >= 0.3 is 0 Å². The molecule has 0 aliphatic carbocycles. The number of rotatable bonds is 6. The zero-order chi connectivity index (χ0) is 20.6. The van der Waals surface area contributed by atoms with Crippen LogP contribution in [-0.2, 0) is 16.1 Å². The van der Waals surface area contributed by atoms with Crippen molar-refractivity contribution in [3.8, 4) is 0 Å². The molecule has 0 bridgehead atoms. The van der Waals surface area contributed by atoms with E-state index in [1.807, 2.05) is 0 Å². The molecule has 5 heteroatoms. The lowest BCUT2D eigenvalue weighted by molar-refractivity contribution is -0.131. The molecule has 3 heterocycles. The molecule has 0 saturated carbocycles. The molecular weight excluding hydrogens is 374 g/mol. The van der Waals surface area contributed by atoms with Crippen molar-refractivity contribution in [2.75, 3.05) is 52.5 Å². The lowest BCUT2D eigenvalue weighted by Crippen LogP contribution is -2.54. The maximum Gasteiger partial charge on any atom is 0.222 e. The maximum atomic E-state index is 12.9. The Kier molecular flexibility index (Phi) is 8.18. The number of ether oxygens (including phenoxy) is 1. The number of hydrogen-bond donors (Lipinski definition) is 0. The summed E-state index contributed by atoms with van der Waals surface area (Å²) >= 11 is 0. The minimum absolute atomic E-state index is 0.387. The van der Waals surface area contributed by atoms with E-state index in [1.54, 1.807) is 0 Å². The van der Waals surface area contributed by atoms with Crippen LogP contribution in [0, 0.1) is 5.92 Å². The van der Waals surface area contributed by atoms with Gasteiger partial charge < -0.3 is 9.64 Å². The maximum absolute atomic E-state index is 12.9. The van der Waals surface area contributed by atoms with Gasteiger partial charge in [-0.25, -0.2) is 0 Å².